The maximum atomic E-state index is 11.9. The molecule has 0 N–H and O–H groups in total. The second-order valence-corrected chi connectivity index (χ2v) is 4.93. The minimum absolute atomic E-state index is 0.0513. The number of fused-ring (bicyclic) bond motifs is 3. The van der Waals surface area contributed by atoms with Crippen LogP contribution in [0.1, 0.15) is 31.4 Å². The monoisotopic (exact) mass is 260 g/mol. The third kappa shape index (κ3) is 1.77. The van der Waals surface area contributed by atoms with Crippen molar-refractivity contribution in [1.29, 1.82) is 0 Å². The molecular weight excluding hydrogens is 244 g/mol. The van der Waals surface area contributed by atoms with Crippen molar-refractivity contribution in [2.45, 2.75) is 25.8 Å². The van der Waals surface area contributed by atoms with E-state index in [9.17, 15) is 9.59 Å². The number of hydrogen-bond acceptors (Lipinski definition) is 3. The maximum Gasteiger partial charge on any atom is 0.225 e. The molecule has 1 fully saturated rings. The van der Waals surface area contributed by atoms with Crippen LogP contribution in [-0.4, -0.2) is 30.5 Å². The smallest absolute Gasteiger partial charge is 0.225 e. The Bertz CT molecular complexity index is 556. The Kier molecular flexibility index (Phi) is 2.69. The summed E-state index contributed by atoms with van der Waals surface area (Å²) in [6.45, 7) is 1.88. The predicted molar refractivity (Wildman–Crippen MR) is 69.8 cm³/mol. The molecule has 0 radical (unpaired) electrons. The first-order valence-electron chi connectivity index (χ1n) is 6.37. The van der Waals surface area contributed by atoms with Gasteiger partial charge in [-0.15, -0.1) is 0 Å². The number of carbonyl (C=O) groups excluding carboxylic acids is 2. The van der Waals surface area contributed by atoms with Crippen LogP contribution in [0, 0.1) is 0 Å². The summed E-state index contributed by atoms with van der Waals surface area (Å²) in [6.07, 6.45) is 1.36. The molecule has 0 saturated carbocycles. The van der Waals surface area contributed by atoms with Crippen LogP contribution in [-0.2, 0) is 9.59 Å². The lowest BCUT2D eigenvalue weighted by Gasteiger charge is -2.39. The summed E-state index contributed by atoms with van der Waals surface area (Å²) in [5.74, 6) is 0.817. The number of benzene rings is 1. The van der Waals surface area contributed by atoms with Gasteiger partial charge in [0, 0.05) is 18.9 Å². The van der Waals surface area contributed by atoms with Gasteiger partial charge in [-0.2, -0.15) is 0 Å². The minimum atomic E-state index is -0.0513. The summed E-state index contributed by atoms with van der Waals surface area (Å²) in [4.78, 5) is 27.1. The third-order valence-corrected chi connectivity index (χ3v) is 3.89. The highest BCUT2D eigenvalue weighted by molar-refractivity contribution is 5.94. The molecule has 2 aliphatic heterocycles. The summed E-state index contributed by atoms with van der Waals surface area (Å²) in [6, 6.07) is 5.76. The van der Waals surface area contributed by atoms with Gasteiger partial charge < -0.3 is 9.64 Å². The standard InChI is InChI=1S/C14H16N2O3/c1-9(17)15-8-16-13(5-6-14(16)18)11-7-10(19-2)3-4-12(11)15/h3-4,7,13H,5-6,8H2,1-2H3. The molecule has 1 aromatic rings. The molecule has 100 valence electrons. The zero-order valence-electron chi connectivity index (χ0n) is 11.0. The van der Waals surface area contributed by atoms with Gasteiger partial charge in [0.1, 0.15) is 12.4 Å². The van der Waals surface area contributed by atoms with Crippen LogP contribution in [0.3, 0.4) is 0 Å². The number of carbonyl (C=O) groups is 2. The first-order valence-corrected chi connectivity index (χ1v) is 6.37. The highest BCUT2D eigenvalue weighted by atomic mass is 16.5. The van der Waals surface area contributed by atoms with E-state index in [1.165, 1.54) is 6.92 Å². The van der Waals surface area contributed by atoms with Gasteiger partial charge in [-0.05, 0) is 24.6 Å². The van der Waals surface area contributed by atoms with Gasteiger partial charge in [-0.1, -0.05) is 0 Å². The summed E-state index contributed by atoms with van der Waals surface area (Å²) in [7, 11) is 1.62. The molecule has 1 aromatic carbocycles. The van der Waals surface area contributed by atoms with Crippen molar-refractivity contribution >= 4 is 17.5 Å². The van der Waals surface area contributed by atoms with Crippen LogP contribution in [0.4, 0.5) is 5.69 Å². The number of methoxy groups -OCH3 is 1. The number of ether oxygens (including phenoxy) is 1. The van der Waals surface area contributed by atoms with Crippen molar-refractivity contribution < 1.29 is 14.3 Å². The summed E-state index contributed by atoms with van der Waals surface area (Å²) in [5.41, 5.74) is 1.90. The van der Waals surface area contributed by atoms with Crippen LogP contribution in [0.25, 0.3) is 0 Å². The van der Waals surface area contributed by atoms with Crippen molar-refractivity contribution in [1.82, 2.24) is 4.90 Å². The maximum absolute atomic E-state index is 11.9. The van der Waals surface area contributed by atoms with Gasteiger partial charge >= 0.3 is 0 Å². The van der Waals surface area contributed by atoms with Crippen LogP contribution in [0.2, 0.25) is 0 Å². The molecule has 1 atom stereocenters. The Hall–Kier alpha value is -2.04. The summed E-state index contributed by atoms with van der Waals surface area (Å²) < 4.78 is 5.24. The van der Waals surface area contributed by atoms with E-state index in [2.05, 4.69) is 0 Å². The quantitative estimate of drug-likeness (QED) is 0.772. The van der Waals surface area contributed by atoms with Gasteiger partial charge in [0.2, 0.25) is 11.8 Å². The molecule has 3 rings (SSSR count). The Morgan fingerprint density at radius 3 is 2.89 bits per heavy atom. The van der Waals surface area contributed by atoms with Gasteiger partial charge in [-0.3, -0.25) is 14.5 Å². The lowest BCUT2D eigenvalue weighted by molar-refractivity contribution is -0.129. The second-order valence-electron chi connectivity index (χ2n) is 4.93. The van der Waals surface area contributed by atoms with Crippen LogP contribution in [0.5, 0.6) is 5.75 Å². The van der Waals surface area contributed by atoms with E-state index in [-0.39, 0.29) is 17.9 Å². The fourth-order valence-electron chi connectivity index (χ4n) is 2.90. The summed E-state index contributed by atoms with van der Waals surface area (Å²) >= 11 is 0. The van der Waals surface area contributed by atoms with Crippen molar-refractivity contribution in [2.24, 2.45) is 0 Å². The molecule has 2 heterocycles. The number of anilines is 1. The molecule has 1 saturated heterocycles. The summed E-state index contributed by atoms with van der Waals surface area (Å²) in [5, 5.41) is 0. The lowest BCUT2D eigenvalue weighted by atomic mass is 9.99. The molecule has 0 aromatic heterocycles. The molecule has 5 nitrogen and oxygen atoms in total. The van der Waals surface area contributed by atoms with E-state index >= 15 is 0 Å². The predicted octanol–water partition coefficient (Wildman–Crippen LogP) is 1.68. The normalized spacial score (nSPS) is 21.2. The zero-order chi connectivity index (χ0) is 13.6. The highest BCUT2D eigenvalue weighted by Gasteiger charge is 2.40. The van der Waals surface area contributed by atoms with Crippen molar-refractivity contribution in [3.63, 3.8) is 0 Å². The molecular formula is C14H16N2O3. The molecule has 19 heavy (non-hydrogen) atoms. The fourth-order valence-corrected chi connectivity index (χ4v) is 2.90. The van der Waals surface area contributed by atoms with Gasteiger partial charge in [0.25, 0.3) is 0 Å². The van der Waals surface area contributed by atoms with Crippen molar-refractivity contribution in [2.75, 3.05) is 18.7 Å². The molecule has 0 aliphatic carbocycles. The molecule has 1 unspecified atom stereocenters. The lowest BCUT2D eigenvalue weighted by Crippen LogP contribution is -2.46. The molecule has 2 amide bonds. The van der Waals surface area contributed by atoms with E-state index in [1.807, 2.05) is 18.2 Å². The number of amides is 2. The number of rotatable bonds is 1. The topological polar surface area (TPSA) is 49.9 Å². The Morgan fingerprint density at radius 1 is 1.42 bits per heavy atom. The van der Waals surface area contributed by atoms with Gasteiger partial charge in [0.15, 0.2) is 0 Å². The molecule has 5 heteroatoms. The number of hydrogen-bond donors (Lipinski definition) is 0. The van der Waals surface area contributed by atoms with Crippen LogP contribution >= 0.6 is 0 Å². The average Bonchev–Trinajstić information content (AvgIpc) is 2.79. The second kappa shape index (κ2) is 4.26. The molecule has 2 aliphatic rings. The van der Waals surface area contributed by atoms with E-state index in [0.717, 1.165) is 23.4 Å². The Balaban J connectivity index is 2.12. The third-order valence-electron chi connectivity index (χ3n) is 3.89. The Labute approximate surface area is 111 Å². The first kappa shape index (κ1) is 12.0. The fraction of sp³-hybridized carbons (Fsp3) is 0.429. The van der Waals surface area contributed by atoms with Crippen LogP contribution < -0.4 is 9.64 Å². The van der Waals surface area contributed by atoms with Gasteiger partial charge in [0.05, 0.1) is 18.8 Å². The molecule has 0 bridgehead atoms. The van der Waals surface area contributed by atoms with Gasteiger partial charge in [-0.25, -0.2) is 0 Å². The largest absolute Gasteiger partial charge is 0.497 e. The van der Waals surface area contributed by atoms with Crippen LogP contribution in [0.15, 0.2) is 18.2 Å². The minimum Gasteiger partial charge on any atom is -0.497 e. The van der Waals surface area contributed by atoms with Crippen molar-refractivity contribution in [3.8, 4) is 5.75 Å². The van der Waals surface area contributed by atoms with Crippen molar-refractivity contribution in [3.05, 3.63) is 23.8 Å². The Morgan fingerprint density at radius 2 is 2.21 bits per heavy atom. The molecule has 0 spiro atoms. The van der Waals surface area contributed by atoms with E-state index < -0.39 is 0 Å². The zero-order valence-corrected chi connectivity index (χ0v) is 11.0. The van der Waals surface area contributed by atoms with E-state index in [4.69, 9.17) is 4.74 Å². The SMILES string of the molecule is COc1ccc2c(c1)C1CCC(=O)N1CN2C(C)=O. The van der Waals surface area contributed by atoms with E-state index in [0.29, 0.717) is 13.1 Å². The average molecular weight is 260 g/mol. The first-order chi connectivity index (χ1) is 9.11. The number of nitrogens with zero attached hydrogens (tertiary/aromatic N) is 2. The van der Waals surface area contributed by atoms with E-state index in [1.54, 1.807) is 16.9 Å². The highest BCUT2D eigenvalue weighted by Crippen LogP contribution is 2.43.